The van der Waals surface area contributed by atoms with Crippen molar-refractivity contribution >= 4 is 11.8 Å². The highest BCUT2D eigenvalue weighted by Gasteiger charge is 2.03. The van der Waals surface area contributed by atoms with E-state index in [-0.39, 0.29) is 0 Å². The number of aromatic nitrogens is 3. The topological polar surface area (TPSA) is 62.7 Å². The molecule has 0 spiro atoms. The Hall–Kier alpha value is -2.17. The maximum Gasteiger partial charge on any atom is 0.224 e. The molecule has 0 saturated carbocycles. The van der Waals surface area contributed by atoms with Gasteiger partial charge in [-0.15, -0.1) is 0 Å². The third-order valence-electron chi connectivity index (χ3n) is 2.99. The molecule has 2 N–H and O–H groups in total. The van der Waals surface area contributed by atoms with Crippen LogP contribution in [-0.4, -0.2) is 21.5 Å². The Bertz CT molecular complexity index is 568. The van der Waals surface area contributed by atoms with Gasteiger partial charge < -0.3 is 10.6 Å². The molecule has 0 bridgehead atoms. The lowest BCUT2D eigenvalue weighted by Crippen LogP contribution is -2.09. The molecule has 2 aromatic heterocycles. The Labute approximate surface area is 119 Å². The van der Waals surface area contributed by atoms with Gasteiger partial charge in [-0.25, -0.2) is 4.98 Å². The van der Waals surface area contributed by atoms with Gasteiger partial charge in [0.15, 0.2) is 0 Å². The molecule has 2 aromatic rings. The average molecular weight is 271 g/mol. The molecule has 0 amide bonds. The number of anilines is 2. The van der Waals surface area contributed by atoms with Crippen LogP contribution in [0.4, 0.5) is 11.8 Å². The lowest BCUT2D eigenvalue weighted by Gasteiger charge is -2.10. The number of nitrogens with one attached hydrogen (secondary N) is 2. The molecule has 0 radical (unpaired) electrons. The number of aryl methyl sites for hydroxylation is 2. The van der Waals surface area contributed by atoms with Crippen molar-refractivity contribution in [3.63, 3.8) is 0 Å². The Morgan fingerprint density at radius 2 is 2.00 bits per heavy atom. The SMILES string of the molecule is CCCNc1nc(C)cc(NCc2cnccc2C)n1. The van der Waals surface area contributed by atoms with Crippen molar-refractivity contribution in [2.75, 3.05) is 17.2 Å². The lowest BCUT2D eigenvalue weighted by molar-refractivity contribution is 0.942. The molecule has 0 saturated heterocycles. The third kappa shape index (κ3) is 3.91. The first-order valence-corrected chi connectivity index (χ1v) is 6.92. The molecular weight excluding hydrogens is 250 g/mol. The minimum Gasteiger partial charge on any atom is -0.366 e. The molecule has 2 heterocycles. The quantitative estimate of drug-likeness (QED) is 0.845. The van der Waals surface area contributed by atoms with Crippen LogP contribution in [0.1, 0.15) is 30.2 Å². The first-order chi connectivity index (χ1) is 9.69. The van der Waals surface area contributed by atoms with E-state index in [1.54, 1.807) is 6.20 Å². The van der Waals surface area contributed by atoms with Crippen LogP contribution in [0, 0.1) is 13.8 Å². The normalized spacial score (nSPS) is 10.3. The summed E-state index contributed by atoms with van der Waals surface area (Å²) in [5.41, 5.74) is 3.35. The smallest absolute Gasteiger partial charge is 0.224 e. The second-order valence-corrected chi connectivity index (χ2v) is 4.80. The number of hydrogen-bond acceptors (Lipinski definition) is 5. The lowest BCUT2D eigenvalue weighted by atomic mass is 10.1. The van der Waals surface area contributed by atoms with E-state index < -0.39 is 0 Å². The second-order valence-electron chi connectivity index (χ2n) is 4.80. The van der Waals surface area contributed by atoms with E-state index in [1.807, 2.05) is 25.3 Å². The molecule has 0 atom stereocenters. The van der Waals surface area contributed by atoms with Crippen molar-refractivity contribution in [3.05, 3.63) is 41.3 Å². The molecule has 0 aliphatic heterocycles. The molecule has 0 aliphatic rings. The maximum absolute atomic E-state index is 4.46. The third-order valence-corrected chi connectivity index (χ3v) is 2.99. The summed E-state index contributed by atoms with van der Waals surface area (Å²) in [7, 11) is 0. The zero-order valence-electron chi connectivity index (χ0n) is 12.3. The highest BCUT2D eigenvalue weighted by Crippen LogP contribution is 2.12. The van der Waals surface area contributed by atoms with E-state index in [2.05, 4.69) is 39.4 Å². The first kappa shape index (κ1) is 14.2. The Morgan fingerprint density at radius 3 is 2.75 bits per heavy atom. The van der Waals surface area contributed by atoms with Gasteiger partial charge in [0, 0.05) is 37.2 Å². The molecule has 5 heteroatoms. The summed E-state index contributed by atoms with van der Waals surface area (Å²) in [4.78, 5) is 13.0. The van der Waals surface area contributed by atoms with E-state index in [0.29, 0.717) is 12.5 Å². The number of hydrogen-bond donors (Lipinski definition) is 2. The van der Waals surface area contributed by atoms with Crippen molar-refractivity contribution < 1.29 is 0 Å². The highest BCUT2D eigenvalue weighted by atomic mass is 15.1. The summed E-state index contributed by atoms with van der Waals surface area (Å²) in [5.74, 6) is 1.51. The van der Waals surface area contributed by atoms with Gasteiger partial charge in [-0.2, -0.15) is 4.98 Å². The summed E-state index contributed by atoms with van der Waals surface area (Å²) >= 11 is 0. The van der Waals surface area contributed by atoms with Crippen molar-refractivity contribution in [2.24, 2.45) is 0 Å². The molecule has 0 fully saturated rings. The van der Waals surface area contributed by atoms with Gasteiger partial charge >= 0.3 is 0 Å². The Kier molecular flexibility index (Phi) is 4.87. The van der Waals surface area contributed by atoms with Crippen LogP contribution >= 0.6 is 0 Å². The fourth-order valence-electron chi connectivity index (χ4n) is 1.84. The van der Waals surface area contributed by atoms with E-state index in [4.69, 9.17) is 0 Å². The van der Waals surface area contributed by atoms with E-state index in [0.717, 1.165) is 24.5 Å². The van der Waals surface area contributed by atoms with Gasteiger partial charge in [0.25, 0.3) is 0 Å². The van der Waals surface area contributed by atoms with Gasteiger partial charge in [-0.3, -0.25) is 4.98 Å². The van der Waals surface area contributed by atoms with Gasteiger partial charge in [0.1, 0.15) is 5.82 Å². The summed E-state index contributed by atoms with van der Waals surface area (Å²) in [5, 5.41) is 6.54. The molecule has 0 aliphatic carbocycles. The standard InChI is InChI=1S/C15H21N5/c1-4-6-17-15-19-12(3)8-14(20-15)18-10-13-9-16-7-5-11(13)2/h5,7-9H,4,6,10H2,1-3H3,(H2,17,18,19,20). The van der Waals surface area contributed by atoms with E-state index in [1.165, 1.54) is 11.1 Å². The van der Waals surface area contributed by atoms with Gasteiger partial charge in [-0.05, 0) is 37.5 Å². The number of rotatable bonds is 6. The number of nitrogens with zero attached hydrogens (tertiary/aromatic N) is 3. The Morgan fingerprint density at radius 1 is 1.15 bits per heavy atom. The van der Waals surface area contributed by atoms with Crippen molar-refractivity contribution in [3.8, 4) is 0 Å². The average Bonchev–Trinajstić information content (AvgIpc) is 2.44. The van der Waals surface area contributed by atoms with Crippen LogP contribution in [0.25, 0.3) is 0 Å². The minimum absolute atomic E-state index is 0.678. The summed E-state index contributed by atoms with van der Waals surface area (Å²) in [6.45, 7) is 7.76. The highest BCUT2D eigenvalue weighted by molar-refractivity contribution is 5.43. The molecular formula is C15H21N5. The van der Waals surface area contributed by atoms with Crippen molar-refractivity contribution in [2.45, 2.75) is 33.7 Å². The second kappa shape index (κ2) is 6.84. The van der Waals surface area contributed by atoms with Gasteiger partial charge in [0.2, 0.25) is 5.95 Å². The fraction of sp³-hybridized carbons (Fsp3) is 0.400. The van der Waals surface area contributed by atoms with E-state index in [9.17, 15) is 0 Å². The predicted molar refractivity (Wildman–Crippen MR) is 81.9 cm³/mol. The fourth-order valence-corrected chi connectivity index (χ4v) is 1.84. The zero-order chi connectivity index (χ0) is 14.4. The van der Waals surface area contributed by atoms with Crippen LogP contribution < -0.4 is 10.6 Å². The van der Waals surface area contributed by atoms with Crippen molar-refractivity contribution in [1.82, 2.24) is 15.0 Å². The maximum atomic E-state index is 4.46. The van der Waals surface area contributed by atoms with E-state index >= 15 is 0 Å². The van der Waals surface area contributed by atoms with Crippen LogP contribution in [0.5, 0.6) is 0 Å². The largest absolute Gasteiger partial charge is 0.366 e. The molecule has 0 unspecified atom stereocenters. The molecule has 20 heavy (non-hydrogen) atoms. The monoisotopic (exact) mass is 271 g/mol. The molecule has 5 nitrogen and oxygen atoms in total. The first-order valence-electron chi connectivity index (χ1n) is 6.92. The molecule has 0 aromatic carbocycles. The van der Waals surface area contributed by atoms with Crippen LogP contribution in [0.2, 0.25) is 0 Å². The summed E-state index contributed by atoms with van der Waals surface area (Å²) < 4.78 is 0. The van der Waals surface area contributed by atoms with Gasteiger partial charge in [-0.1, -0.05) is 6.92 Å². The predicted octanol–water partition coefficient (Wildman–Crippen LogP) is 2.92. The summed E-state index contributed by atoms with van der Waals surface area (Å²) in [6.07, 6.45) is 4.74. The molecule has 106 valence electrons. The molecule has 2 rings (SSSR count). The van der Waals surface area contributed by atoms with Crippen LogP contribution in [0.3, 0.4) is 0 Å². The summed E-state index contributed by atoms with van der Waals surface area (Å²) in [6, 6.07) is 3.96. The number of pyridine rings is 1. The van der Waals surface area contributed by atoms with Crippen LogP contribution in [0.15, 0.2) is 24.5 Å². The Balaban J connectivity index is 2.05. The minimum atomic E-state index is 0.678. The van der Waals surface area contributed by atoms with Crippen molar-refractivity contribution in [1.29, 1.82) is 0 Å². The van der Waals surface area contributed by atoms with Gasteiger partial charge in [0.05, 0.1) is 0 Å². The zero-order valence-corrected chi connectivity index (χ0v) is 12.3. The van der Waals surface area contributed by atoms with Crippen LogP contribution in [-0.2, 0) is 6.54 Å².